The number of aromatic carboxylic acids is 1. The third-order valence-corrected chi connectivity index (χ3v) is 5.29. The van der Waals surface area contributed by atoms with Gasteiger partial charge in [0.1, 0.15) is 5.75 Å². The SMILES string of the molecule is COc1cccc(NC(c2ccc(Cl)cc2)c2c(C(=O)O)nc(Br)n2C(C)C)c1. The minimum Gasteiger partial charge on any atom is -0.497 e. The summed E-state index contributed by atoms with van der Waals surface area (Å²) in [5.74, 6) is -0.395. The molecule has 1 aromatic heterocycles. The number of carboxylic acids is 1. The van der Waals surface area contributed by atoms with Gasteiger partial charge in [-0.05, 0) is 59.6 Å². The predicted octanol–water partition coefficient (Wildman–Crippen LogP) is 5.79. The van der Waals surface area contributed by atoms with Gasteiger partial charge in [0, 0.05) is 22.8 Å². The minimum atomic E-state index is -1.09. The monoisotopic (exact) mass is 477 g/mol. The van der Waals surface area contributed by atoms with Crippen LogP contribution in [0.4, 0.5) is 5.69 Å². The zero-order chi connectivity index (χ0) is 21.1. The van der Waals surface area contributed by atoms with Crippen molar-refractivity contribution in [1.29, 1.82) is 0 Å². The Bertz CT molecular complexity index is 1020. The molecule has 0 radical (unpaired) electrons. The molecule has 8 heteroatoms. The molecule has 2 aromatic carbocycles. The van der Waals surface area contributed by atoms with Gasteiger partial charge in [0.25, 0.3) is 0 Å². The molecule has 2 N–H and O–H groups in total. The van der Waals surface area contributed by atoms with Crippen molar-refractivity contribution >= 4 is 39.2 Å². The first-order chi connectivity index (χ1) is 13.8. The summed E-state index contributed by atoms with van der Waals surface area (Å²) < 4.78 is 7.65. The Morgan fingerprint density at radius 1 is 1.24 bits per heavy atom. The molecule has 0 saturated carbocycles. The van der Waals surface area contributed by atoms with Crippen molar-refractivity contribution in [3.63, 3.8) is 0 Å². The zero-order valence-corrected chi connectivity index (χ0v) is 18.5. The second-order valence-corrected chi connectivity index (χ2v) is 7.89. The number of nitrogens with one attached hydrogen (secondary N) is 1. The van der Waals surface area contributed by atoms with Crippen molar-refractivity contribution in [2.45, 2.75) is 25.9 Å². The second-order valence-electron chi connectivity index (χ2n) is 6.74. The van der Waals surface area contributed by atoms with Crippen LogP contribution in [0.5, 0.6) is 5.75 Å². The molecule has 1 atom stereocenters. The molecule has 0 saturated heterocycles. The molecule has 1 unspecified atom stereocenters. The van der Waals surface area contributed by atoms with Crippen molar-refractivity contribution in [3.05, 3.63) is 75.2 Å². The standard InChI is InChI=1S/C21H21BrClN3O3/c1-12(2)26-19(18(20(27)28)25-21(26)22)17(13-7-9-14(23)10-8-13)24-15-5-4-6-16(11-15)29-3/h4-12,17,24H,1-3H3,(H,27,28). The summed E-state index contributed by atoms with van der Waals surface area (Å²) in [6.45, 7) is 3.96. The van der Waals surface area contributed by atoms with Gasteiger partial charge < -0.3 is 19.7 Å². The van der Waals surface area contributed by atoms with Crippen molar-refractivity contribution in [1.82, 2.24) is 9.55 Å². The lowest BCUT2D eigenvalue weighted by Gasteiger charge is -2.25. The summed E-state index contributed by atoms with van der Waals surface area (Å²) in [6, 6.07) is 14.3. The Hall–Kier alpha value is -2.51. The van der Waals surface area contributed by atoms with Gasteiger partial charge >= 0.3 is 5.97 Å². The number of hydrogen-bond donors (Lipinski definition) is 2. The molecule has 0 aliphatic heterocycles. The average molecular weight is 479 g/mol. The number of imidazole rings is 1. The molecule has 0 spiro atoms. The first-order valence-corrected chi connectivity index (χ1v) is 10.2. The molecule has 3 rings (SSSR count). The molecule has 1 heterocycles. The van der Waals surface area contributed by atoms with Crippen LogP contribution in [-0.2, 0) is 0 Å². The van der Waals surface area contributed by atoms with E-state index in [4.69, 9.17) is 16.3 Å². The van der Waals surface area contributed by atoms with Gasteiger partial charge in [0.2, 0.25) is 0 Å². The Labute approximate surface area is 182 Å². The van der Waals surface area contributed by atoms with E-state index in [0.29, 0.717) is 21.2 Å². The number of benzene rings is 2. The highest BCUT2D eigenvalue weighted by Crippen LogP contribution is 2.34. The van der Waals surface area contributed by atoms with Crippen LogP contribution in [0.1, 0.15) is 47.7 Å². The number of nitrogens with zero attached hydrogens (tertiary/aromatic N) is 2. The fourth-order valence-corrected chi connectivity index (χ4v) is 4.09. The highest BCUT2D eigenvalue weighted by atomic mass is 79.9. The van der Waals surface area contributed by atoms with Crippen LogP contribution in [0, 0.1) is 0 Å². The van der Waals surface area contributed by atoms with E-state index in [9.17, 15) is 9.90 Å². The molecular weight excluding hydrogens is 458 g/mol. The topological polar surface area (TPSA) is 76.4 Å². The van der Waals surface area contributed by atoms with Gasteiger partial charge in [-0.25, -0.2) is 9.78 Å². The van der Waals surface area contributed by atoms with E-state index in [1.165, 1.54) is 0 Å². The molecule has 0 bridgehead atoms. The molecule has 152 valence electrons. The summed E-state index contributed by atoms with van der Waals surface area (Å²) in [5.41, 5.74) is 2.17. The molecule has 0 amide bonds. The lowest BCUT2D eigenvalue weighted by atomic mass is 10.0. The lowest BCUT2D eigenvalue weighted by molar-refractivity contribution is 0.0689. The van der Waals surface area contributed by atoms with Crippen molar-refractivity contribution in [2.75, 3.05) is 12.4 Å². The number of carboxylic acid groups (broad SMARTS) is 1. The number of methoxy groups -OCH3 is 1. The molecular formula is C21H21BrClN3O3. The maximum Gasteiger partial charge on any atom is 0.356 e. The van der Waals surface area contributed by atoms with E-state index >= 15 is 0 Å². The van der Waals surface area contributed by atoms with Crippen molar-refractivity contribution < 1.29 is 14.6 Å². The Balaban J connectivity index is 2.20. The minimum absolute atomic E-state index is 0.0121. The molecule has 0 aliphatic rings. The number of anilines is 1. The van der Waals surface area contributed by atoms with Crippen LogP contribution < -0.4 is 10.1 Å². The van der Waals surface area contributed by atoms with E-state index in [2.05, 4.69) is 26.2 Å². The number of carbonyl (C=O) groups is 1. The summed E-state index contributed by atoms with van der Waals surface area (Å²) in [4.78, 5) is 16.2. The quantitative estimate of drug-likeness (QED) is 0.449. The predicted molar refractivity (Wildman–Crippen MR) is 117 cm³/mol. The summed E-state index contributed by atoms with van der Waals surface area (Å²) in [5, 5.41) is 13.9. The number of ether oxygens (including phenoxy) is 1. The highest BCUT2D eigenvalue weighted by molar-refractivity contribution is 9.10. The van der Waals surface area contributed by atoms with Crippen molar-refractivity contribution in [3.8, 4) is 5.75 Å². The first-order valence-electron chi connectivity index (χ1n) is 8.98. The van der Waals surface area contributed by atoms with Gasteiger partial charge in [-0.1, -0.05) is 29.8 Å². The third-order valence-electron chi connectivity index (χ3n) is 4.48. The molecule has 0 fully saturated rings. The average Bonchev–Trinajstić information content (AvgIpc) is 3.04. The normalized spacial score (nSPS) is 12.1. The van der Waals surface area contributed by atoms with Crippen LogP contribution in [0.15, 0.2) is 53.3 Å². The maximum absolute atomic E-state index is 12.0. The van der Waals surface area contributed by atoms with E-state index in [0.717, 1.165) is 11.3 Å². The van der Waals surface area contributed by atoms with Crippen LogP contribution >= 0.6 is 27.5 Å². The number of rotatable bonds is 7. The zero-order valence-electron chi connectivity index (χ0n) is 16.2. The highest BCUT2D eigenvalue weighted by Gasteiger charge is 2.30. The van der Waals surface area contributed by atoms with E-state index in [-0.39, 0.29) is 11.7 Å². The van der Waals surface area contributed by atoms with E-state index < -0.39 is 12.0 Å². The van der Waals surface area contributed by atoms with Gasteiger partial charge in [0.05, 0.1) is 18.8 Å². The summed E-state index contributed by atoms with van der Waals surface area (Å²) >= 11 is 9.49. The van der Waals surface area contributed by atoms with Gasteiger partial charge in [0.15, 0.2) is 10.4 Å². The maximum atomic E-state index is 12.0. The number of hydrogen-bond acceptors (Lipinski definition) is 4. The number of halogens is 2. The van der Waals surface area contributed by atoms with Crippen LogP contribution in [0.25, 0.3) is 0 Å². The van der Waals surface area contributed by atoms with Gasteiger partial charge in [-0.2, -0.15) is 0 Å². The smallest absolute Gasteiger partial charge is 0.356 e. The summed E-state index contributed by atoms with van der Waals surface area (Å²) in [7, 11) is 1.60. The van der Waals surface area contributed by atoms with Gasteiger partial charge in [-0.15, -0.1) is 0 Å². The van der Waals surface area contributed by atoms with E-state index in [1.54, 1.807) is 19.2 Å². The lowest BCUT2D eigenvalue weighted by Crippen LogP contribution is -2.21. The number of aromatic nitrogens is 2. The fourth-order valence-electron chi connectivity index (χ4n) is 3.19. The molecule has 6 nitrogen and oxygen atoms in total. The molecule has 0 aliphatic carbocycles. The largest absolute Gasteiger partial charge is 0.497 e. The van der Waals surface area contributed by atoms with Crippen molar-refractivity contribution in [2.24, 2.45) is 0 Å². The molecule has 29 heavy (non-hydrogen) atoms. The van der Waals surface area contributed by atoms with E-state index in [1.807, 2.05) is 54.8 Å². The Morgan fingerprint density at radius 2 is 1.93 bits per heavy atom. The van der Waals surface area contributed by atoms with Crippen LogP contribution in [-0.4, -0.2) is 27.7 Å². The Kier molecular flexibility index (Phi) is 6.49. The fraction of sp³-hybridized carbons (Fsp3) is 0.238. The van der Waals surface area contributed by atoms with Crippen LogP contribution in [0.2, 0.25) is 5.02 Å². The third kappa shape index (κ3) is 4.57. The van der Waals surface area contributed by atoms with Crippen LogP contribution in [0.3, 0.4) is 0 Å². The Morgan fingerprint density at radius 3 is 2.52 bits per heavy atom. The summed E-state index contributed by atoms with van der Waals surface area (Å²) in [6.07, 6.45) is 0. The first kappa shape index (κ1) is 21.2. The van der Waals surface area contributed by atoms with Gasteiger partial charge in [-0.3, -0.25) is 0 Å². The molecule has 3 aromatic rings. The second kappa shape index (κ2) is 8.88.